The summed E-state index contributed by atoms with van der Waals surface area (Å²) in [5.41, 5.74) is 1.43. The zero-order chi connectivity index (χ0) is 18.6. The summed E-state index contributed by atoms with van der Waals surface area (Å²) >= 11 is 5.84. The van der Waals surface area contributed by atoms with Gasteiger partial charge in [0.05, 0.1) is 17.1 Å². The van der Waals surface area contributed by atoms with Crippen LogP contribution in [-0.4, -0.2) is 48.4 Å². The molecular weight excluding hydrogens is 376 g/mol. The van der Waals surface area contributed by atoms with Crippen molar-refractivity contribution >= 4 is 33.3 Å². The van der Waals surface area contributed by atoms with E-state index < -0.39 is 9.84 Å². The number of benzene rings is 1. The molecule has 1 aromatic heterocycles. The number of rotatable bonds is 6. The van der Waals surface area contributed by atoms with Crippen molar-refractivity contribution in [1.29, 1.82) is 0 Å². The van der Waals surface area contributed by atoms with Crippen molar-refractivity contribution < 1.29 is 13.2 Å². The number of halogens is 1. The molecule has 0 aliphatic carbocycles. The van der Waals surface area contributed by atoms with E-state index in [4.69, 9.17) is 11.6 Å². The Hall–Kier alpha value is -2.19. The number of nitrogens with zero attached hydrogens (tertiary/aromatic N) is 2. The fourth-order valence-electron chi connectivity index (χ4n) is 2.68. The minimum absolute atomic E-state index is 0.0866. The molecule has 0 saturated carbocycles. The molecule has 1 aromatic carbocycles. The molecule has 0 bridgehead atoms. The van der Waals surface area contributed by atoms with E-state index in [2.05, 4.69) is 20.6 Å². The van der Waals surface area contributed by atoms with E-state index >= 15 is 0 Å². The Balaban J connectivity index is 1.48. The van der Waals surface area contributed by atoms with Crippen LogP contribution >= 0.6 is 11.6 Å². The predicted octanol–water partition coefficient (Wildman–Crippen LogP) is 1.70. The van der Waals surface area contributed by atoms with E-state index in [0.29, 0.717) is 35.9 Å². The first kappa shape index (κ1) is 18.6. The highest BCUT2D eigenvalue weighted by atomic mass is 35.5. The summed E-state index contributed by atoms with van der Waals surface area (Å²) in [6, 6.07) is 7.28. The molecule has 2 aromatic rings. The number of aromatic nitrogens is 2. The molecule has 3 rings (SSSR count). The second-order valence-corrected chi connectivity index (χ2v) is 8.84. The third kappa shape index (κ3) is 5.15. The molecule has 1 aliphatic rings. The van der Waals surface area contributed by atoms with Crippen LogP contribution in [-0.2, 0) is 16.3 Å². The molecule has 0 spiro atoms. The molecule has 26 heavy (non-hydrogen) atoms. The van der Waals surface area contributed by atoms with Crippen LogP contribution in [0.4, 0.5) is 5.95 Å². The van der Waals surface area contributed by atoms with E-state index in [1.54, 1.807) is 0 Å². The lowest BCUT2D eigenvalue weighted by atomic mass is 10.1. The lowest BCUT2D eigenvalue weighted by molar-refractivity contribution is 0.0953. The number of nitrogens with one attached hydrogen (secondary N) is 2. The second kappa shape index (κ2) is 8.01. The van der Waals surface area contributed by atoms with Gasteiger partial charge in [-0.3, -0.25) is 4.79 Å². The van der Waals surface area contributed by atoms with Crippen molar-refractivity contribution in [3.8, 4) is 0 Å². The SMILES string of the molecule is O=C(NCCc1ccc(Cl)cc1)c1cnc(NC2CCS(=O)(=O)C2)nc1. The smallest absolute Gasteiger partial charge is 0.254 e. The Bertz CT molecular complexity index is 870. The minimum atomic E-state index is -2.96. The van der Waals surface area contributed by atoms with E-state index in [0.717, 1.165) is 5.56 Å². The summed E-state index contributed by atoms with van der Waals surface area (Å²) in [6.07, 6.45) is 4.09. The van der Waals surface area contributed by atoms with Crippen LogP contribution in [0, 0.1) is 0 Å². The summed E-state index contributed by atoms with van der Waals surface area (Å²) in [5.74, 6) is 0.334. The zero-order valence-corrected chi connectivity index (χ0v) is 15.6. The normalized spacial score (nSPS) is 18.4. The first-order valence-corrected chi connectivity index (χ1v) is 10.4. The van der Waals surface area contributed by atoms with Gasteiger partial charge in [-0.2, -0.15) is 0 Å². The molecule has 1 amide bonds. The largest absolute Gasteiger partial charge is 0.352 e. The van der Waals surface area contributed by atoms with Crippen LogP contribution in [0.1, 0.15) is 22.3 Å². The molecule has 1 unspecified atom stereocenters. The van der Waals surface area contributed by atoms with Crippen molar-refractivity contribution in [3.63, 3.8) is 0 Å². The maximum Gasteiger partial charge on any atom is 0.254 e. The van der Waals surface area contributed by atoms with Gasteiger partial charge in [0.25, 0.3) is 5.91 Å². The average Bonchev–Trinajstić information content (AvgIpc) is 2.96. The van der Waals surface area contributed by atoms with E-state index in [1.807, 2.05) is 24.3 Å². The summed E-state index contributed by atoms with van der Waals surface area (Å²) in [7, 11) is -2.96. The quantitative estimate of drug-likeness (QED) is 0.773. The summed E-state index contributed by atoms with van der Waals surface area (Å²) < 4.78 is 22.9. The van der Waals surface area contributed by atoms with Crippen LogP contribution in [0.3, 0.4) is 0 Å². The average molecular weight is 395 g/mol. The molecular formula is C17H19ClN4O3S. The van der Waals surface area contributed by atoms with Gasteiger partial charge >= 0.3 is 0 Å². The third-order valence-electron chi connectivity index (χ3n) is 4.09. The third-order valence-corrected chi connectivity index (χ3v) is 6.11. The predicted molar refractivity (Wildman–Crippen MR) is 100 cm³/mol. The number of sulfone groups is 1. The van der Waals surface area contributed by atoms with E-state index in [-0.39, 0.29) is 23.5 Å². The van der Waals surface area contributed by atoms with Crippen LogP contribution < -0.4 is 10.6 Å². The van der Waals surface area contributed by atoms with Gasteiger partial charge in [-0.1, -0.05) is 23.7 Å². The summed E-state index contributed by atoms with van der Waals surface area (Å²) in [6.45, 7) is 0.487. The van der Waals surface area contributed by atoms with Crippen molar-refractivity contribution in [2.24, 2.45) is 0 Å². The highest BCUT2D eigenvalue weighted by Crippen LogP contribution is 2.15. The number of hydrogen-bond donors (Lipinski definition) is 2. The number of carbonyl (C=O) groups excluding carboxylic acids is 1. The number of amides is 1. The van der Waals surface area contributed by atoms with Crippen LogP contribution in [0.5, 0.6) is 0 Å². The Labute approximate surface area is 157 Å². The van der Waals surface area contributed by atoms with Gasteiger partial charge in [-0.05, 0) is 30.5 Å². The maximum absolute atomic E-state index is 12.1. The first-order valence-electron chi connectivity index (χ1n) is 8.23. The van der Waals surface area contributed by atoms with Gasteiger partial charge in [0, 0.05) is 30.0 Å². The van der Waals surface area contributed by atoms with E-state index in [9.17, 15) is 13.2 Å². The molecule has 138 valence electrons. The second-order valence-electron chi connectivity index (χ2n) is 6.17. The van der Waals surface area contributed by atoms with Crippen molar-refractivity contribution in [2.45, 2.75) is 18.9 Å². The minimum Gasteiger partial charge on any atom is -0.352 e. The fraction of sp³-hybridized carbons (Fsp3) is 0.353. The molecule has 7 nitrogen and oxygen atoms in total. The first-order chi connectivity index (χ1) is 12.4. The molecule has 2 heterocycles. The molecule has 1 aliphatic heterocycles. The Morgan fingerprint density at radius 2 is 1.88 bits per heavy atom. The molecule has 1 fully saturated rings. The molecule has 0 radical (unpaired) electrons. The zero-order valence-electron chi connectivity index (χ0n) is 14.0. The van der Waals surface area contributed by atoms with Crippen molar-refractivity contribution in [3.05, 3.63) is 52.8 Å². The van der Waals surface area contributed by atoms with Crippen LogP contribution in [0.2, 0.25) is 5.02 Å². The number of carbonyl (C=O) groups is 1. The standard InChI is InChI=1S/C17H19ClN4O3S/c18-14-3-1-12(2-4-14)5-7-19-16(23)13-9-20-17(21-10-13)22-15-6-8-26(24,25)11-15/h1-4,9-10,15H,5-8,11H2,(H,19,23)(H,20,21,22). The lowest BCUT2D eigenvalue weighted by Gasteiger charge is -2.10. The monoisotopic (exact) mass is 394 g/mol. The van der Waals surface area contributed by atoms with Crippen molar-refractivity contribution in [2.75, 3.05) is 23.4 Å². The van der Waals surface area contributed by atoms with Gasteiger partial charge in [-0.15, -0.1) is 0 Å². The Morgan fingerprint density at radius 3 is 2.50 bits per heavy atom. The lowest BCUT2D eigenvalue weighted by Crippen LogP contribution is -2.26. The van der Waals surface area contributed by atoms with E-state index in [1.165, 1.54) is 12.4 Å². The highest BCUT2D eigenvalue weighted by molar-refractivity contribution is 7.91. The molecule has 2 N–H and O–H groups in total. The maximum atomic E-state index is 12.1. The molecule has 9 heteroatoms. The van der Waals surface area contributed by atoms with Crippen LogP contribution in [0.25, 0.3) is 0 Å². The summed E-state index contributed by atoms with van der Waals surface area (Å²) in [5, 5.41) is 6.48. The van der Waals surface area contributed by atoms with Gasteiger partial charge in [-0.25, -0.2) is 18.4 Å². The Kier molecular flexibility index (Phi) is 5.73. The highest BCUT2D eigenvalue weighted by Gasteiger charge is 2.28. The van der Waals surface area contributed by atoms with Gasteiger partial charge in [0.1, 0.15) is 0 Å². The van der Waals surface area contributed by atoms with Gasteiger partial charge in [0.2, 0.25) is 5.95 Å². The van der Waals surface area contributed by atoms with Gasteiger partial charge < -0.3 is 10.6 Å². The van der Waals surface area contributed by atoms with Gasteiger partial charge in [0.15, 0.2) is 9.84 Å². The number of hydrogen-bond acceptors (Lipinski definition) is 6. The van der Waals surface area contributed by atoms with Crippen LogP contribution in [0.15, 0.2) is 36.7 Å². The topological polar surface area (TPSA) is 101 Å². The number of anilines is 1. The Morgan fingerprint density at radius 1 is 1.19 bits per heavy atom. The molecule has 1 saturated heterocycles. The summed E-state index contributed by atoms with van der Waals surface area (Å²) in [4.78, 5) is 20.3. The molecule has 1 atom stereocenters. The fourth-order valence-corrected chi connectivity index (χ4v) is 4.48. The van der Waals surface area contributed by atoms with Crippen molar-refractivity contribution in [1.82, 2.24) is 15.3 Å².